The van der Waals surface area contributed by atoms with E-state index in [9.17, 15) is 4.79 Å². The van der Waals surface area contributed by atoms with Crippen molar-refractivity contribution in [1.29, 1.82) is 0 Å². The quantitative estimate of drug-likeness (QED) is 0.362. The number of benzene rings is 1. The smallest absolute Gasteiger partial charge is 0.222 e. The number of amides is 1. The summed E-state index contributed by atoms with van der Waals surface area (Å²) in [6.45, 7) is 6.87. The van der Waals surface area contributed by atoms with Gasteiger partial charge in [0.15, 0.2) is 5.96 Å². The number of aliphatic imine (C=N–C) groups is 1. The fraction of sp³-hybridized carbons (Fsp3) is 0.680. The number of carbonyl (C=O) groups is 1. The molecule has 176 valence electrons. The van der Waals surface area contributed by atoms with E-state index < -0.39 is 0 Å². The summed E-state index contributed by atoms with van der Waals surface area (Å²) in [6.07, 6.45) is 5.90. The molecule has 0 spiro atoms. The molecule has 1 aromatic rings. The van der Waals surface area contributed by atoms with E-state index >= 15 is 0 Å². The van der Waals surface area contributed by atoms with Crippen LogP contribution in [0.5, 0.6) is 0 Å². The van der Waals surface area contributed by atoms with Crippen LogP contribution in [0.3, 0.4) is 0 Å². The highest BCUT2D eigenvalue weighted by Crippen LogP contribution is 2.38. The number of anilines is 1. The number of hydrogen-bond donors (Lipinski definition) is 1. The Bertz CT molecular complexity index is 778. The Morgan fingerprint density at radius 2 is 2.12 bits per heavy atom. The topological polar surface area (TPSA) is 66.4 Å². The van der Waals surface area contributed by atoms with E-state index in [0.717, 1.165) is 90.7 Å². The maximum atomic E-state index is 12.0. The molecule has 3 aliphatic rings. The molecule has 0 aromatic heterocycles. The lowest BCUT2D eigenvalue weighted by molar-refractivity contribution is -0.127. The van der Waals surface area contributed by atoms with Crippen LogP contribution in [0.25, 0.3) is 0 Å². The highest BCUT2D eigenvalue weighted by Gasteiger charge is 2.32. The molecular weight excluding hydrogens is 404 g/mol. The van der Waals surface area contributed by atoms with Gasteiger partial charge < -0.3 is 24.6 Å². The first kappa shape index (κ1) is 23.1. The number of nitrogens with zero attached hydrogens (tertiary/aromatic N) is 3. The van der Waals surface area contributed by atoms with Crippen molar-refractivity contribution in [2.24, 2.45) is 10.9 Å². The van der Waals surface area contributed by atoms with Crippen molar-refractivity contribution in [1.82, 2.24) is 10.2 Å². The first-order valence-corrected chi connectivity index (χ1v) is 12.3. The Kier molecular flexibility index (Phi) is 8.40. The molecule has 1 amide bonds. The molecule has 3 aliphatic heterocycles. The van der Waals surface area contributed by atoms with Gasteiger partial charge in [0, 0.05) is 77.7 Å². The summed E-state index contributed by atoms with van der Waals surface area (Å²) in [5.74, 6) is 2.30. The number of fused-ring (bicyclic) bond motifs is 1. The molecule has 3 heterocycles. The van der Waals surface area contributed by atoms with E-state index in [1.807, 2.05) is 11.9 Å². The molecule has 32 heavy (non-hydrogen) atoms. The van der Waals surface area contributed by atoms with Crippen LogP contribution in [-0.4, -0.2) is 76.4 Å². The van der Waals surface area contributed by atoms with E-state index in [1.54, 1.807) is 0 Å². The van der Waals surface area contributed by atoms with Gasteiger partial charge in [0.05, 0.1) is 0 Å². The SMILES string of the molecule is CN=C(NCCCOCC1CCOCC1)N1CC(CCN2CCCC2=O)c2ccccc21. The van der Waals surface area contributed by atoms with Gasteiger partial charge in [-0.2, -0.15) is 0 Å². The summed E-state index contributed by atoms with van der Waals surface area (Å²) in [5.41, 5.74) is 2.59. The molecule has 1 aromatic carbocycles. The molecule has 1 atom stereocenters. The molecule has 0 saturated carbocycles. The van der Waals surface area contributed by atoms with E-state index in [-0.39, 0.29) is 0 Å². The van der Waals surface area contributed by atoms with Crippen molar-refractivity contribution in [2.75, 3.05) is 64.6 Å². The fourth-order valence-electron chi connectivity index (χ4n) is 5.03. The summed E-state index contributed by atoms with van der Waals surface area (Å²) in [5, 5.41) is 3.53. The lowest BCUT2D eigenvalue weighted by Gasteiger charge is -2.24. The number of likely N-dealkylation sites (tertiary alicyclic amines) is 1. The normalized spacial score (nSPS) is 22.0. The van der Waals surface area contributed by atoms with Gasteiger partial charge >= 0.3 is 0 Å². The Labute approximate surface area is 192 Å². The summed E-state index contributed by atoms with van der Waals surface area (Å²) in [6, 6.07) is 8.61. The number of carbonyl (C=O) groups excluding carboxylic acids is 1. The van der Waals surface area contributed by atoms with Gasteiger partial charge in [-0.15, -0.1) is 0 Å². The van der Waals surface area contributed by atoms with Crippen molar-refractivity contribution in [3.63, 3.8) is 0 Å². The maximum Gasteiger partial charge on any atom is 0.222 e. The molecule has 1 N–H and O–H groups in total. The Balaban J connectivity index is 1.24. The molecule has 0 bridgehead atoms. The molecule has 0 aliphatic carbocycles. The number of ether oxygens (including phenoxy) is 2. The zero-order chi connectivity index (χ0) is 22.2. The molecular formula is C25H38N4O3. The summed E-state index contributed by atoms with van der Waals surface area (Å²) < 4.78 is 11.3. The standard InChI is InChI=1S/C25H38N4O3/c1-26-25(27-12-5-15-32-19-20-10-16-31-17-11-20)29-18-21(22-6-2-3-7-23(22)29)9-14-28-13-4-8-24(28)30/h2-3,6-7,20-21H,4-5,8-19H2,1H3,(H,26,27). The molecule has 7 heteroatoms. The minimum absolute atomic E-state index is 0.310. The van der Waals surface area contributed by atoms with Crippen LogP contribution in [0.2, 0.25) is 0 Å². The number of nitrogens with one attached hydrogen (secondary N) is 1. The summed E-state index contributed by atoms with van der Waals surface area (Å²) >= 11 is 0. The number of hydrogen-bond acceptors (Lipinski definition) is 4. The van der Waals surface area contributed by atoms with Crippen molar-refractivity contribution < 1.29 is 14.3 Å². The van der Waals surface area contributed by atoms with Crippen molar-refractivity contribution in [3.05, 3.63) is 29.8 Å². The highest BCUT2D eigenvalue weighted by atomic mass is 16.5. The third kappa shape index (κ3) is 5.81. The first-order valence-electron chi connectivity index (χ1n) is 12.3. The predicted octanol–water partition coefficient (Wildman–Crippen LogP) is 3.01. The van der Waals surface area contributed by atoms with Crippen LogP contribution in [-0.2, 0) is 14.3 Å². The minimum Gasteiger partial charge on any atom is -0.381 e. The molecule has 1 unspecified atom stereocenters. The van der Waals surface area contributed by atoms with Crippen LogP contribution in [0.4, 0.5) is 5.69 Å². The van der Waals surface area contributed by atoms with Gasteiger partial charge in [0.25, 0.3) is 0 Å². The second-order valence-corrected chi connectivity index (χ2v) is 9.10. The summed E-state index contributed by atoms with van der Waals surface area (Å²) in [7, 11) is 1.85. The van der Waals surface area contributed by atoms with E-state index in [0.29, 0.717) is 24.2 Å². The predicted molar refractivity (Wildman–Crippen MR) is 127 cm³/mol. The Morgan fingerprint density at radius 1 is 1.28 bits per heavy atom. The zero-order valence-electron chi connectivity index (χ0n) is 19.4. The van der Waals surface area contributed by atoms with E-state index in [2.05, 4.69) is 39.5 Å². The van der Waals surface area contributed by atoms with Gasteiger partial charge in [0.1, 0.15) is 0 Å². The van der Waals surface area contributed by atoms with Crippen LogP contribution in [0.15, 0.2) is 29.3 Å². The third-order valence-electron chi connectivity index (χ3n) is 6.90. The molecule has 0 radical (unpaired) electrons. The monoisotopic (exact) mass is 442 g/mol. The number of para-hydroxylation sites is 1. The van der Waals surface area contributed by atoms with Crippen molar-refractivity contribution in [3.8, 4) is 0 Å². The van der Waals surface area contributed by atoms with Gasteiger partial charge in [0.2, 0.25) is 5.91 Å². The first-order chi connectivity index (χ1) is 15.8. The lowest BCUT2D eigenvalue weighted by Crippen LogP contribution is -2.41. The molecule has 2 fully saturated rings. The molecule has 2 saturated heterocycles. The van der Waals surface area contributed by atoms with Crippen molar-refractivity contribution >= 4 is 17.6 Å². The van der Waals surface area contributed by atoms with Gasteiger partial charge in [-0.1, -0.05) is 18.2 Å². The number of rotatable bonds is 9. The number of guanidine groups is 1. The second kappa shape index (κ2) is 11.7. The fourth-order valence-corrected chi connectivity index (χ4v) is 5.03. The maximum absolute atomic E-state index is 12.0. The summed E-state index contributed by atoms with van der Waals surface area (Å²) in [4.78, 5) is 20.9. The zero-order valence-corrected chi connectivity index (χ0v) is 19.4. The van der Waals surface area contributed by atoms with Crippen molar-refractivity contribution in [2.45, 2.75) is 44.4 Å². The average molecular weight is 443 g/mol. The molecule has 7 nitrogen and oxygen atoms in total. The van der Waals surface area contributed by atoms with Gasteiger partial charge in [-0.05, 0) is 49.7 Å². The largest absolute Gasteiger partial charge is 0.381 e. The van der Waals surface area contributed by atoms with Crippen LogP contribution >= 0.6 is 0 Å². The Hall–Kier alpha value is -2.12. The van der Waals surface area contributed by atoms with Crippen LogP contribution < -0.4 is 10.2 Å². The lowest BCUT2D eigenvalue weighted by atomic mass is 9.98. The van der Waals surface area contributed by atoms with E-state index in [4.69, 9.17) is 9.47 Å². The molecule has 4 rings (SSSR count). The Morgan fingerprint density at radius 3 is 2.91 bits per heavy atom. The van der Waals surface area contributed by atoms with Crippen LogP contribution in [0, 0.1) is 5.92 Å². The van der Waals surface area contributed by atoms with Gasteiger partial charge in [-0.25, -0.2) is 0 Å². The van der Waals surface area contributed by atoms with E-state index in [1.165, 1.54) is 11.3 Å². The van der Waals surface area contributed by atoms with Crippen LogP contribution in [0.1, 0.15) is 50.0 Å². The van der Waals surface area contributed by atoms with Gasteiger partial charge in [-0.3, -0.25) is 9.79 Å². The highest BCUT2D eigenvalue weighted by molar-refractivity contribution is 5.98. The average Bonchev–Trinajstić information content (AvgIpc) is 3.41. The second-order valence-electron chi connectivity index (χ2n) is 9.10. The third-order valence-corrected chi connectivity index (χ3v) is 6.90. The minimum atomic E-state index is 0.310.